The van der Waals surface area contributed by atoms with Crippen molar-refractivity contribution in [2.75, 3.05) is 12.5 Å². The number of fused-ring (bicyclic) bond motifs is 1. The van der Waals surface area contributed by atoms with E-state index in [0.29, 0.717) is 31.9 Å². The number of allylic oxidation sites excluding steroid dienone is 3. The first-order valence-corrected chi connectivity index (χ1v) is 12.9. The molecule has 3 atom stereocenters. The highest BCUT2D eigenvalue weighted by Crippen LogP contribution is 2.59. The Morgan fingerprint density at radius 1 is 1.18 bits per heavy atom. The van der Waals surface area contributed by atoms with Crippen molar-refractivity contribution in [3.8, 4) is 11.5 Å². The average molecular weight is 598 g/mol. The van der Waals surface area contributed by atoms with Crippen molar-refractivity contribution in [1.82, 2.24) is 5.01 Å². The van der Waals surface area contributed by atoms with Crippen molar-refractivity contribution in [3.63, 3.8) is 0 Å². The molecule has 1 fully saturated rings. The molecule has 9 heteroatoms. The number of nitrogens with zero attached hydrogens (tertiary/aromatic N) is 1. The van der Waals surface area contributed by atoms with Crippen LogP contribution in [0.5, 0.6) is 11.5 Å². The van der Waals surface area contributed by atoms with Crippen molar-refractivity contribution in [3.05, 3.63) is 111 Å². The molecule has 5 rings (SSSR count). The van der Waals surface area contributed by atoms with E-state index in [2.05, 4.69) is 27.9 Å². The fourth-order valence-corrected chi connectivity index (χ4v) is 6.18. The summed E-state index contributed by atoms with van der Waals surface area (Å²) >= 11 is 9.69. The Hall–Kier alpha value is -3.62. The Kier molecular flexibility index (Phi) is 6.79. The number of ether oxygens (including phenoxy) is 1. The Morgan fingerprint density at radius 2 is 1.87 bits per heavy atom. The van der Waals surface area contributed by atoms with E-state index in [4.69, 9.17) is 16.3 Å². The molecule has 0 radical (unpaired) electrons. The van der Waals surface area contributed by atoms with E-state index in [1.165, 1.54) is 31.4 Å². The molecular formula is C29H23BrClFN2O4. The molecule has 1 heterocycles. The average Bonchev–Trinajstić information content (AvgIpc) is 3.13. The van der Waals surface area contributed by atoms with E-state index in [9.17, 15) is 19.1 Å². The molecule has 2 amide bonds. The standard InChI is InChI=1S/C29H23BrClFN2O4/c1-3-16-4-13-23-27(36)34(33-21-11-9-20(32)10-12-21)28(37)29(23,17-5-7-19(31)8-6-17)25(16)22-14-18(30)15-24(38-2)26(22)35/h3-12,14-15,23,25,33,35H,1,13H2,2H3/t23-,25+,29+/m0/s1. The number of aromatic hydroxyl groups is 1. The first-order valence-electron chi connectivity index (χ1n) is 11.8. The van der Waals surface area contributed by atoms with Crippen LogP contribution in [0.3, 0.4) is 0 Å². The first kappa shape index (κ1) is 26.0. The molecule has 0 aromatic heterocycles. The highest BCUT2D eigenvalue weighted by atomic mass is 79.9. The number of hydrogen-bond acceptors (Lipinski definition) is 5. The van der Waals surface area contributed by atoms with Crippen molar-refractivity contribution in [1.29, 1.82) is 0 Å². The number of rotatable bonds is 6. The van der Waals surface area contributed by atoms with Crippen LogP contribution < -0.4 is 10.2 Å². The fraction of sp³-hybridized carbons (Fsp3) is 0.172. The van der Waals surface area contributed by atoms with Gasteiger partial charge < -0.3 is 9.84 Å². The molecule has 1 saturated heterocycles. The zero-order chi connectivity index (χ0) is 27.2. The number of hydrogen-bond donors (Lipinski definition) is 2. The molecule has 0 bridgehead atoms. The molecule has 0 unspecified atom stereocenters. The largest absolute Gasteiger partial charge is 0.504 e. The summed E-state index contributed by atoms with van der Waals surface area (Å²) in [6.45, 7) is 3.97. The lowest BCUT2D eigenvalue weighted by Crippen LogP contribution is -2.48. The zero-order valence-electron chi connectivity index (χ0n) is 20.3. The van der Waals surface area contributed by atoms with E-state index < -0.39 is 34.9 Å². The number of hydrazine groups is 1. The van der Waals surface area contributed by atoms with Crippen LogP contribution in [0.25, 0.3) is 0 Å². The predicted molar refractivity (Wildman–Crippen MR) is 146 cm³/mol. The Labute approximate surface area is 232 Å². The molecule has 3 aromatic carbocycles. The molecule has 2 N–H and O–H groups in total. The minimum Gasteiger partial charge on any atom is -0.504 e. The van der Waals surface area contributed by atoms with E-state index in [0.717, 1.165) is 5.01 Å². The van der Waals surface area contributed by atoms with Gasteiger partial charge in [-0.2, -0.15) is 5.01 Å². The second-order valence-corrected chi connectivity index (χ2v) is 10.5. The van der Waals surface area contributed by atoms with Crippen LogP contribution in [-0.2, 0) is 15.0 Å². The van der Waals surface area contributed by atoms with Crippen LogP contribution in [0.2, 0.25) is 5.02 Å². The normalized spacial score (nSPS) is 22.6. The van der Waals surface area contributed by atoms with Gasteiger partial charge in [-0.25, -0.2) is 4.39 Å². The Balaban J connectivity index is 1.77. The van der Waals surface area contributed by atoms with E-state index in [1.807, 2.05) is 6.08 Å². The van der Waals surface area contributed by atoms with Crippen LogP contribution in [0.15, 0.2) is 89.4 Å². The molecule has 0 spiro atoms. The van der Waals surface area contributed by atoms with E-state index in [-0.39, 0.29) is 17.9 Å². The van der Waals surface area contributed by atoms with E-state index >= 15 is 0 Å². The van der Waals surface area contributed by atoms with Crippen molar-refractivity contribution in [2.45, 2.75) is 17.8 Å². The maximum atomic E-state index is 14.6. The van der Waals surface area contributed by atoms with Gasteiger partial charge in [-0.15, -0.1) is 0 Å². The number of imide groups is 1. The number of carbonyl (C=O) groups excluding carboxylic acids is 2. The van der Waals surface area contributed by atoms with Gasteiger partial charge >= 0.3 is 0 Å². The maximum absolute atomic E-state index is 14.6. The van der Waals surface area contributed by atoms with Crippen molar-refractivity contribution in [2.24, 2.45) is 5.92 Å². The van der Waals surface area contributed by atoms with Gasteiger partial charge in [-0.1, -0.05) is 58.4 Å². The van der Waals surface area contributed by atoms with Gasteiger partial charge in [-0.05, 0) is 66.1 Å². The second-order valence-electron chi connectivity index (χ2n) is 9.15. The number of benzene rings is 3. The lowest BCUT2D eigenvalue weighted by atomic mass is 9.56. The zero-order valence-corrected chi connectivity index (χ0v) is 22.6. The highest BCUT2D eigenvalue weighted by molar-refractivity contribution is 9.10. The summed E-state index contributed by atoms with van der Waals surface area (Å²) < 4.78 is 19.5. The number of nitrogens with one attached hydrogen (secondary N) is 1. The third-order valence-electron chi connectivity index (χ3n) is 7.25. The van der Waals surface area contributed by atoms with Crippen molar-refractivity contribution >= 4 is 45.0 Å². The number of phenols is 1. The SMILES string of the molecule is C=CC1=CC[C@H]2C(=O)N(Nc3ccc(F)cc3)C(=O)[C@@]2(c2ccc(Cl)cc2)[C@H]1c1cc(Br)cc(OC)c1O. The lowest BCUT2D eigenvalue weighted by Gasteiger charge is -2.43. The molecule has 1 aliphatic heterocycles. The summed E-state index contributed by atoms with van der Waals surface area (Å²) in [7, 11) is 1.44. The number of methoxy groups -OCH3 is 1. The van der Waals surface area contributed by atoms with Crippen molar-refractivity contribution < 1.29 is 23.8 Å². The lowest BCUT2D eigenvalue weighted by molar-refractivity contribution is -0.138. The number of phenolic OH excluding ortho intramolecular Hbond substituents is 1. The summed E-state index contributed by atoms with van der Waals surface area (Å²) in [5.41, 5.74) is 3.42. The number of halogens is 3. The molecule has 0 saturated carbocycles. The number of carbonyl (C=O) groups is 2. The van der Waals surface area contributed by atoms with Gasteiger partial charge in [0.1, 0.15) is 5.82 Å². The molecule has 1 aliphatic carbocycles. The molecule has 6 nitrogen and oxygen atoms in total. The monoisotopic (exact) mass is 596 g/mol. The second kappa shape index (κ2) is 9.93. The van der Waals surface area contributed by atoms with Gasteiger partial charge in [0.05, 0.1) is 24.1 Å². The van der Waals surface area contributed by atoms with Gasteiger partial charge in [-0.3, -0.25) is 15.0 Å². The first-order chi connectivity index (χ1) is 18.2. The van der Waals surface area contributed by atoms with Gasteiger partial charge in [0.2, 0.25) is 0 Å². The summed E-state index contributed by atoms with van der Waals surface area (Å²) in [4.78, 5) is 28.5. The molecule has 3 aromatic rings. The Bertz CT molecular complexity index is 1480. The quantitative estimate of drug-likeness (QED) is 0.317. The van der Waals surface area contributed by atoms with Gasteiger partial charge in [0.15, 0.2) is 11.5 Å². The topological polar surface area (TPSA) is 78.9 Å². The summed E-state index contributed by atoms with van der Waals surface area (Å²) in [5.74, 6) is -2.96. The van der Waals surface area contributed by atoms with Crippen LogP contribution in [0, 0.1) is 11.7 Å². The van der Waals surface area contributed by atoms with Gasteiger partial charge in [0, 0.05) is 21.0 Å². The summed E-state index contributed by atoms with van der Waals surface area (Å²) in [5, 5.41) is 12.8. The number of amides is 2. The predicted octanol–water partition coefficient (Wildman–Crippen LogP) is 6.51. The van der Waals surface area contributed by atoms with Crippen LogP contribution in [-0.4, -0.2) is 29.0 Å². The molecule has 194 valence electrons. The number of anilines is 1. The van der Waals surface area contributed by atoms with Crippen LogP contribution in [0.4, 0.5) is 10.1 Å². The Morgan fingerprint density at radius 3 is 2.50 bits per heavy atom. The smallest absolute Gasteiger partial charge is 0.260 e. The van der Waals surface area contributed by atoms with Crippen LogP contribution in [0.1, 0.15) is 23.5 Å². The minimum atomic E-state index is -1.46. The maximum Gasteiger partial charge on any atom is 0.260 e. The molecular weight excluding hydrogens is 575 g/mol. The van der Waals surface area contributed by atoms with E-state index in [1.54, 1.807) is 42.5 Å². The summed E-state index contributed by atoms with van der Waals surface area (Å²) in [6.07, 6.45) is 3.77. The molecule has 38 heavy (non-hydrogen) atoms. The summed E-state index contributed by atoms with van der Waals surface area (Å²) in [6, 6.07) is 15.5. The minimum absolute atomic E-state index is 0.146. The third-order valence-corrected chi connectivity index (χ3v) is 7.96. The third kappa shape index (κ3) is 3.99. The molecule has 2 aliphatic rings. The highest BCUT2D eigenvalue weighted by Gasteiger charge is 2.66. The fourth-order valence-electron chi connectivity index (χ4n) is 5.60. The van der Waals surface area contributed by atoms with Gasteiger partial charge in [0.25, 0.3) is 11.8 Å². The van der Waals surface area contributed by atoms with Crippen LogP contribution >= 0.6 is 27.5 Å².